The Morgan fingerprint density at radius 1 is 1.18 bits per heavy atom. The van der Waals surface area contributed by atoms with Crippen molar-refractivity contribution in [2.45, 2.75) is 0 Å². The molecule has 2 aliphatic rings. The van der Waals surface area contributed by atoms with E-state index in [1.807, 2.05) is 25.7 Å². The van der Waals surface area contributed by atoms with E-state index in [9.17, 15) is 8.42 Å². The summed E-state index contributed by atoms with van der Waals surface area (Å²) in [6.45, 7) is 0. The first kappa shape index (κ1) is 7.35. The average molecular weight is 167 g/mol. The van der Waals surface area contributed by atoms with Crippen molar-refractivity contribution < 1.29 is 8.42 Å². The van der Waals surface area contributed by atoms with Crippen LogP contribution >= 0.6 is 0 Å². The van der Waals surface area contributed by atoms with Gasteiger partial charge in [0, 0.05) is 11.3 Å². The second-order valence-corrected chi connectivity index (χ2v) is 4.47. The molecule has 1 fully saturated rings. The van der Waals surface area contributed by atoms with Crippen LogP contribution in [-0.4, -0.2) is 14.2 Å². The summed E-state index contributed by atoms with van der Waals surface area (Å²) in [5.74, 6) is 1.23. The Kier molecular flexibility index (Phi) is 1.56. The van der Waals surface area contributed by atoms with Crippen LogP contribution in [-0.2, 0) is 9.84 Å². The normalized spacial score (nSPS) is 29.6. The Morgan fingerprint density at radius 3 is 2.18 bits per heavy atom. The summed E-state index contributed by atoms with van der Waals surface area (Å²) in [5.41, 5.74) is 0.926. The molecule has 0 bridgehead atoms. The second-order valence-electron chi connectivity index (χ2n) is 2.62. The maximum Gasteiger partial charge on any atom is 0.175 e. The average Bonchev–Trinajstić information content (AvgIpc) is 2.32. The lowest BCUT2D eigenvalue weighted by Crippen LogP contribution is -2.20. The minimum absolute atomic E-state index is 0.205. The molecular formula is C8H7O2S. The van der Waals surface area contributed by atoms with Gasteiger partial charge in [0.15, 0.2) is 9.84 Å². The molecule has 0 aromatic rings. The fourth-order valence-corrected chi connectivity index (χ4v) is 2.27. The first-order valence-corrected chi connectivity index (χ1v) is 5.04. The Bertz CT molecular complexity index is 281. The molecule has 5 radical (unpaired) electrons. The smallest absolute Gasteiger partial charge is 0.175 e. The predicted octanol–water partition coefficient (Wildman–Crippen LogP) is 0.704. The molecule has 0 N–H and O–H groups in total. The monoisotopic (exact) mass is 167 g/mol. The van der Waals surface area contributed by atoms with Crippen molar-refractivity contribution in [3.05, 3.63) is 42.6 Å². The van der Waals surface area contributed by atoms with E-state index in [0.29, 0.717) is 0 Å². The van der Waals surface area contributed by atoms with E-state index >= 15 is 0 Å². The molecule has 0 aromatic carbocycles. The maximum atomic E-state index is 10.7. The highest BCUT2D eigenvalue weighted by Crippen LogP contribution is 2.35. The molecule has 0 spiro atoms. The molecule has 1 heterocycles. The summed E-state index contributed by atoms with van der Waals surface area (Å²) < 4.78 is 21.4. The maximum absolute atomic E-state index is 10.7. The van der Waals surface area contributed by atoms with Crippen molar-refractivity contribution in [1.82, 2.24) is 0 Å². The number of rotatable bonds is 1. The molecule has 1 aliphatic heterocycles. The highest BCUT2D eigenvalue weighted by Gasteiger charge is 2.31. The Morgan fingerprint density at radius 2 is 1.73 bits per heavy atom. The molecule has 2 nitrogen and oxygen atoms in total. The van der Waals surface area contributed by atoms with Gasteiger partial charge < -0.3 is 0 Å². The van der Waals surface area contributed by atoms with Crippen molar-refractivity contribution in [3.63, 3.8) is 0 Å². The van der Waals surface area contributed by atoms with E-state index in [4.69, 9.17) is 0 Å². The molecule has 0 aromatic heterocycles. The molecule has 0 unspecified atom stereocenters. The van der Waals surface area contributed by atoms with Crippen LogP contribution in [0.3, 0.4) is 0 Å². The predicted molar refractivity (Wildman–Crippen MR) is 42.3 cm³/mol. The first-order valence-electron chi connectivity index (χ1n) is 3.33. The minimum atomic E-state index is -2.82. The lowest BCUT2D eigenvalue weighted by Gasteiger charge is -2.19. The SMILES string of the molecule is O=S1(=O)C=C([C]2[CH][CH][CH][CH]2)C1. The van der Waals surface area contributed by atoms with E-state index in [1.54, 1.807) is 0 Å². The Labute approximate surface area is 67.2 Å². The largest absolute Gasteiger partial charge is 0.224 e. The second kappa shape index (κ2) is 2.34. The summed E-state index contributed by atoms with van der Waals surface area (Å²) >= 11 is 0. The van der Waals surface area contributed by atoms with E-state index in [0.717, 1.165) is 11.5 Å². The van der Waals surface area contributed by atoms with E-state index in [-0.39, 0.29) is 5.75 Å². The van der Waals surface area contributed by atoms with Crippen LogP contribution in [0.25, 0.3) is 0 Å². The van der Waals surface area contributed by atoms with E-state index in [2.05, 4.69) is 0 Å². The lowest BCUT2D eigenvalue weighted by molar-refractivity contribution is 0.602. The number of hydrogen-bond donors (Lipinski definition) is 0. The molecule has 11 heavy (non-hydrogen) atoms. The van der Waals surface area contributed by atoms with Crippen LogP contribution in [0.1, 0.15) is 0 Å². The van der Waals surface area contributed by atoms with Gasteiger partial charge in [-0.15, -0.1) is 0 Å². The fourth-order valence-electron chi connectivity index (χ4n) is 1.15. The molecular weight excluding hydrogens is 160 g/mol. The zero-order valence-electron chi connectivity index (χ0n) is 5.82. The van der Waals surface area contributed by atoms with Crippen molar-refractivity contribution in [1.29, 1.82) is 0 Å². The zero-order valence-corrected chi connectivity index (χ0v) is 6.64. The highest BCUT2D eigenvalue weighted by molar-refractivity contribution is 7.95. The summed E-state index contributed by atoms with van der Waals surface area (Å²) in [6.07, 6.45) is 7.64. The highest BCUT2D eigenvalue weighted by atomic mass is 32.2. The van der Waals surface area contributed by atoms with Gasteiger partial charge >= 0.3 is 0 Å². The first-order chi connectivity index (χ1) is 5.17. The third-order valence-electron chi connectivity index (χ3n) is 1.71. The van der Waals surface area contributed by atoms with E-state index < -0.39 is 9.84 Å². The molecule has 57 valence electrons. The Balaban J connectivity index is 2.09. The van der Waals surface area contributed by atoms with Crippen molar-refractivity contribution >= 4 is 9.84 Å². The standard InChI is InChI=1S/C8H7O2S/c9-11(10)5-8(6-11)7-3-1-2-4-7/h1-5H,6H2. The summed E-state index contributed by atoms with van der Waals surface area (Å²) in [7, 11) is -2.82. The minimum Gasteiger partial charge on any atom is -0.224 e. The van der Waals surface area contributed by atoms with E-state index in [1.165, 1.54) is 5.41 Å². The van der Waals surface area contributed by atoms with Gasteiger partial charge in [0.05, 0.1) is 5.75 Å². The molecule has 0 amide bonds. The molecule has 3 heteroatoms. The van der Waals surface area contributed by atoms with Crippen molar-refractivity contribution in [2.75, 3.05) is 5.75 Å². The van der Waals surface area contributed by atoms with Crippen molar-refractivity contribution in [3.8, 4) is 0 Å². The summed E-state index contributed by atoms with van der Waals surface area (Å²) in [6, 6.07) is 0. The molecule has 1 aliphatic carbocycles. The van der Waals surface area contributed by atoms with Gasteiger partial charge in [-0.25, -0.2) is 8.42 Å². The van der Waals surface area contributed by atoms with Crippen LogP contribution in [0.2, 0.25) is 0 Å². The zero-order chi connectivity index (χ0) is 7.90. The third kappa shape index (κ3) is 1.34. The van der Waals surface area contributed by atoms with Gasteiger partial charge in [0.2, 0.25) is 0 Å². The summed E-state index contributed by atoms with van der Waals surface area (Å²) in [4.78, 5) is 0. The topological polar surface area (TPSA) is 34.1 Å². The summed E-state index contributed by atoms with van der Waals surface area (Å²) in [5, 5.41) is 1.34. The van der Waals surface area contributed by atoms with Gasteiger partial charge in [0.25, 0.3) is 0 Å². The van der Waals surface area contributed by atoms with Gasteiger partial charge in [-0.1, -0.05) is 0 Å². The number of sulfone groups is 1. The van der Waals surface area contributed by atoms with Crippen LogP contribution in [0.5, 0.6) is 0 Å². The lowest BCUT2D eigenvalue weighted by atomic mass is 10.0. The molecule has 2 rings (SSSR count). The van der Waals surface area contributed by atoms with Crippen LogP contribution in [0, 0.1) is 31.6 Å². The quantitative estimate of drug-likeness (QED) is 0.576. The van der Waals surface area contributed by atoms with Crippen LogP contribution < -0.4 is 0 Å². The van der Waals surface area contributed by atoms with Gasteiger partial charge in [-0.05, 0) is 31.3 Å². The third-order valence-corrected chi connectivity index (χ3v) is 3.07. The van der Waals surface area contributed by atoms with Gasteiger partial charge in [0.1, 0.15) is 0 Å². The van der Waals surface area contributed by atoms with Crippen molar-refractivity contribution in [2.24, 2.45) is 0 Å². The van der Waals surface area contributed by atoms with Gasteiger partial charge in [-0.3, -0.25) is 0 Å². The van der Waals surface area contributed by atoms with Crippen LogP contribution in [0.4, 0.5) is 0 Å². The molecule has 0 saturated heterocycles. The van der Waals surface area contributed by atoms with Crippen LogP contribution in [0.15, 0.2) is 11.0 Å². The molecule has 0 atom stereocenters. The van der Waals surface area contributed by atoms with Gasteiger partial charge in [-0.2, -0.15) is 0 Å². The molecule has 1 saturated carbocycles. The Hall–Kier alpha value is -0.310. The number of hydrogen-bond acceptors (Lipinski definition) is 2. The fraction of sp³-hybridized carbons (Fsp3) is 0.125.